The van der Waals surface area contributed by atoms with Crippen LogP contribution in [0.25, 0.3) is 0 Å². The van der Waals surface area contributed by atoms with Crippen LogP contribution in [-0.2, 0) is 4.79 Å². The molecule has 21 heavy (non-hydrogen) atoms. The van der Waals surface area contributed by atoms with Crippen molar-refractivity contribution in [3.05, 3.63) is 57.8 Å². The van der Waals surface area contributed by atoms with Gasteiger partial charge in [-0.05, 0) is 43.7 Å². The van der Waals surface area contributed by atoms with Gasteiger partial charge in [-0.3, -0.25) is 4.79 Å². The maximum atomic E-state index is 13.5. The summed E-state index contributed by atoms with van der Waals surface area (Å²) in [6.45, 7) is 3.65. The summed E-state index contributed by atoms with van der Waals surface area (Å²) in [4.78, 5) is 11.8. The number of amides is 1. The molecule has 5 heteroatoms. The standard InChI is InChI=1S/C16H15BrFNO2/c1-10-3-5-14(11(2)7-10)19-16(20)9-21-15-6-4-12(17)8-13(15)18/h3-8H,9H2,1-2H3,(H,19,20). The lowest BCUT2D eigenvalue weighted by Crippen LogP contribution is -2.21. The SMILES string of the molecule is Cc1ccc(NC(=O)COc2ccc(Br)cc2F)c(C)c1. The van der Waals surface area contributed by atoms with Crippen molar-refractivity contribution in [2.75, 3.05) is 11.9 Å². The first kappa shape index (κ1) is 15.5. The number of carbonyl (C=O) groups is 1. The zero-order valence-electron chi connectivity index (χ0n) is 11.7. The number of benzene rings is 2. The molecule has 2 aromatic rings. The van der Waals surface area contributed by atoms with Crippen LogP contribution >= 0.6 is 15.9 Å². The Hall–Kier alpha value is -1.88. The van der Waals surface area contributed by atoms with Crippen LogP contribution in [-0.4, -0.2) is 12.5 Å². The molecule has 1 N–H and O–H groups in total. The van der Waals surface area contributed by atoms with Crippen LogP contribution in [0.4, 0.5) is 10.1 Å². The van der Waals surface area contributed by atoms with Crippen LogP contribution < -0.4 is 10.1 Å². The Morgan fingerprint density at radius 2 is 2.00 bits per heavy atom. The molecule has 0 aliphatic heterocycles. The molecular formula is C16H15BrFNO2. The van der Waals surface area contributed by atoms with Crippen molar-refractivity contribution in [1.82, 2.24) is 0 Å². The van der Waals surface area contributed by atoms with Crippen molar-refractivity contribution in [2.45, 2.75) is 13.8 Å². The Kier molecular flexibility index (Phi) is 4.96. The van der Waals surface area contributed by atoms with Crippen molar-refractivity contribution in [1.29, 1.82) is 0 Å². The largest absolute Gasteiger partial charge is 0.481 e. The van der Waals surface area contributed by atoms with Gasteiger partial charge in [0.1, 0.15) is 0 Å². The molecular weight excluding hydrogens is 337 g/mol. The highest BCUT2D eigenvalue weighted by atomic mass is 79.9. The number of ether oxygens (including phenoxy) is 1. The van der Waals surface area contributed by atoms with Crippen LogP contribution in [0.3, 0.4) is 0 Å². The Balaban J connectivity index is 1.96. The van der Waals surface area contributed by atoms with Gasteiger partial charge in [0.2, 0.25) is 0 Å². The maximum absolute atomic E-state index is 13.5. The zero-order chi connectivity index (χ0) is 15.4. The summed E-state index contributed by atoms with van der Waals surface area (Å²) >= 11 is 3.16. The average Bonchev–Trinajstić information content (AvgIpc) is 2.41. The lowest BCUT2D eigenvalue weighted by Gasteiger charge is -2.10. The second kappa shape index (κ2) is 6.72. The topological polar surface area (TPSA) is 38.3 Å². The molecule has 0 spiro atoms. The zero-order valence-corrected chi connectivity index (χ0v) is 13.3. The highest BCUT2D eigenvalue weighted by Crippen LogP contribution is 2.21. The summed E-state index contributed by atoms with van der Waals surface area (Å²) in [6.07, 6.45) is 0. The van der Waals surface area contributed by atoms with Gasteiger partial charge < -0.3 is 10.1 Å². The number of hydrogen-bond donors (Lipinski definition) is 1. The van der Waals surface area contributed by atoms with Gasteiger partial charge >= 0.3 is 0 Å². The molecule has 0 unspecified atom stereocenters. The summed E-state index contributed by atoms with van der Waals surface area (Å²) in [7, 11) is 0. The van der Waals surface area contributed by atoms with Crippen LogP contribution in [0.15, 0.2) is 40.9 Å². The average molecular weight is 352 g/mol. The molecule has 0 heterocycles. The molecule has 0 bridgehead atoms. The molecule has 3 nitrogen and oxygen atoms in total. The summed E-state index contributed by atoms with van der Waals surface area (Å²) in [5.74, 6) is -0.790. The number of hydrogen-bond acceptors (Lipinski definition) is 2. The number of nitrogens with one attached hydrogen (secondary N) is 1. The van der Waals surface area contributed by atoms with Crippen molar-refractivity contribution >= 4 is 27.5 Å². The fraction of sp³-hybridized carbons (Fsp3) is 0.188. The molecule has 1 amide bonds. The Bertz CT molecular complexity index is 673. The van der Waals surface area contributed by atoms with Gasteiger partial charge in [0, 0.05) is 10.2 Å². The van der Waals surface area contributed by atoms with E-state index in [1.165, 1.54) is 12.1 Å². The van der Waals surface area contributed by atoms with E-state index >= 15 is 0 Å². The third kappa shape index (κ3) is 4.29. The number of anilines is 1. The van der Waals surface area contributed by atoms with Gasteiger partial charge in [0.15, 0.2) is 18.2 Å². The monoisotopic (exact) mass is 351 g/mol. The molecule has 0 aliphatic carbocycles. The summed E-state index contributed by atoms with van der Waals surface area (Å²) in [5, 5.41) is 2.74. The lowest BCUT2D eigenvalue weighted by atomic mass is 10.1. The van der Waals surface area contributed by atoms with E-state index in [-0.39, 0.29) is 18.3 Å². The molecule has 0 atom stereocenters. The predicted molar refractivity (Wildman–Crippen MR) is 84.1 cm³/mol. The van der Waals surface area contributed by atoms with Gasteiger partial charge in [0.05, 0.1) is 0 Å². The predicted octanol–water partition coefficient (Wildman–Crippen LogP) is 4.22. The second-order valence-electron chi connectivity index (χ2n) is 4.73. The van der Waals surface area contributed by atoms with Gasteiger partial charge in [0.25, 0.3) is 5.91 Å². The van der Waals surface area contributed by atoms with Crippen molar-refractivity contribution in [2.24, 2.45) is 0 Å². The molecule has 2 rings (SSSR count). The molecule has 110 valence electrons. The first-order valence-electron chi connectivity index (χ1n) is 6.40. The van der Waals surface area contributed by atoms with Gasteiger partial charge in [-0.2, -0.15) is 0 Å². The van der Waals surface area contributed by atoms with Crippen LogP contribution in [0.1, 0.15) is 11.1 Å². The van der Waals surface area contributed by atoms with Crippen molar-refractivity contribution in [3.8, 4) is 5.75 Å². The molecule has 2 aromatic carbocycles. The molecule has 0 saturated carbocycles. The third-order valence-corrected chi connectivity index (χ3v) is 3.40. The minimum Gasteiger partial charge on any atom is -0.481 e. The number of rotatable bonds is 4. The van der Waals surface area contributed by atoms with Crippen molar-refractivity contribution in [3.63, 3.8) is 0 Å². The summed E-state index contributed by atoms with van der Waals surface area (Å²) in [5.41, 5.74) is 2.82. The van der Waals surface area contributed by atoms with Gasteiger partial charge in [-0.15, -0.1) is 0 Å². The first-order valence-corrected chi connectivity index (χ1v) is 7.20. The van der Waals surface area contributed by atoms with Crippen LogP contribution in [0.5, 0.6) is 5.75 Å². The van der Waals surface area contributed by atoms with Crippen LogP contribution in [0, 0.1) is 19.7 Å². The minimum absolute atomic E-state index is 0.0500. The van der Waals surface area contributed by atoms with E-state index in [2.05, 4.69) is 21.2 Å². The van der Waals surface area contributed by atoms with Gasteiger partial charge in [-0.1, -0.05) is 33.6 Å². The van der Waals surface area contributed by atoms with Crippen molar-refractivity contribution < 1.29 is 13.9 Å². The highest BCUT2D eigenvalue weighted by molar-refractivity contribution is 9.10. The van der Waals surface area contributed by atoms with E-state index in [1.54, 1.807) is 6.07 Å². The Morgan fingerprint density at radius 3 is 2.67 bits per heavy atom. The van der Waals surface area contributed by atoms with E-state index in [0.29, 0.717) is 4.47 Å². The van der Waals surface area contributed by atoms with Crippen LogP contribution in [0.2, 0.25) is 0 Å². The second-order valence-corrected chi connectivity index (χ2v) is 5.65. The third-order valence-electron chi connectivity index (χ3n) is 2.91. The molecule has 0 aliphatic rings. The van der Waals surface area contributed by atoms with E-state index in [9.17, 15) is 9.18 Å². The first-order chi connectivity index (χ1) is 9.95. The fourth-order valence-electron chi connectivity index (χ4n) is 1.88. The number of carbonyl (C=O) groups excluding carboxylic acids is 1. The fourth-order valence-corrected chi connectivity index (χ4v) is 2.21. The molecule has 0 aromatic heterocycles. The molecule has 0 saturated heterocycles. The Morgan fingerprint density at radius 1 is 1.24 bits per heavy atom. The van der Waals surface area contributed by atoms with E-state index in [1.807, 2.05) is 32.0 Å². The van der Waals surface area contributed by atoms with E-state index in [4.69, 9.17) is 4.74 Å². The van der Waals surface area contributed by atoms with E-state index < -0.39 is 5.82 Å². The number of aryl methyl sites for hydroxylation is 2. The molecule has 0 fully saturated rings. The Labute approximate surface area is 131 Å². The smallest absolute Gasteiger partial charge is 0.262 e. The maximum Gasteiger partial charge on any atom is 0.262 e. The normalized spacial score (nSPS) is 10.3. The summed E-state index contributed by atoms with van der Waals surface area (Å²) < 4.78 is 19.3. The van der Waals surface area contributed by atoms with Gasteiger partial charge in [-0.25, -0.2) is 4.39 Å². The highest BCUT2D eigenvalue weighted by Gasteiger charge is 2.09. The minimum atomic E-state index is -0.510. The quantitative estimate of drug-likeness (QED) is 0.895. The summed E-state index contributed by atoms with van der Waals surface area (Å²) in [6, 6.07) is 10.1. The number of halogens is 2. The lowest BCUT2D eigenvalue weighted by molar-refractivity contribution is -0.118. The molecule has 0 radical (unpaired) electrons. The van der Waals surface area contributed by atoms with E-state index in [0.717, 1.165) is 16.8 Å².